The standard InChI is InChI=1S/C42H35F3N4O5/c43-42(44,45)41-46-34-15-5-6-16-35(34)49(41)22-28(52)25-54-38-20-19-31(30-12-3-4-13-32(30)38)33-14-8-17-36-40(33)47-39(23-50)48(36)21-27(51)24-53-37-18-7-10-26-9-1-2-11-29(26)37/h1-20,27-28,50-52H,21-25H2/t27-,28-/m1/s1. The predicted molar refractivity (Wildman–Crippen MR) is 200 cm³/mol. The highest BCUT2D eigenvalue weighted by molar-refractivity contribution is 6.05. The third-order valence-corrected chi connectivity index (χ3v) is 9.48. The first-order valence-corrected chi connectivity index (χ1v) is 17.4. The molecule has 0 amide bonds. The van der Waals surface area contributed by atoms with Gasteiger partial charge in [-0.3, -0.25) is 0 Å². The van der Waals surface area contributed by atoms with Gasteiger partial charge in [0, 0.05) is 16.3 Å². The zero-order valence-electron chi connectivity index (χ0n) is 28.8. The number of benzene rings is 6. The Hall–Kier alpha value is -5.95. The van der Waals surface area contributed by atoms with E-state index in [1.54, 1.807) is 22.8 Å². The van der Waals surface area contributed by atoms with Gasteiger partial charge in [-0.25, -0.2) is 9.97 Å². The van der Waals surface area contributed by atoms with Gasteiger partial charge in [-0.1, -0.05) is 84.9 Å². The number of hydrogen-bond donors (Lipinski definition) is 3. The van der Waals surface area contributed by atoms with Crippen LogP contribution in [-0.4, -0.2) is 59.8 Å². The summed E-state index contributed by atoms with van der Waals surface area (Å²) in [6.45, 7) is -0.815. The van der Waals surface area contributed by atoms with Gasteiger partial charge in [0.15, 0.2) is 0 Å². The number of aromatic nitrogens is 4. The number of aliphatic hydroxyl groups excluding tert-OH is 3. The van der Waals surface area contributed by atoms with Gasteiger partial charge in [0.25, 0.3) is 0 Å². The largest absolute Gasteiger partial charge is 0.490 e. The predicted octanol–water partition coefficient (Wildman–Crippen LogP) is 7.75. The van der Waals surface area contributed by atoms with Gasteiger partial charge in [0.05, 0.1) is 35.2 Å². The molecular weight excluding hydrogens is 697 g/mol. The highest BCUT2D eigenvalue weighted by Gasteiger charge is 2.38. The number of hydrogen-bond acceptors (Lipinski definition) is 7. The van der Waals surface area contributed by atoms with E-state index in [9.17, 15) is 28.5 Å². The van der Waals surface area contributed by atoms with Crippen LogP contribution in [0.4, 0.5) is 13.2 Å². The lowest BCUT2D eigenvalue weighted by Crippen LogP contribution is -2.26. The van der Waals surface area contributed by atoms with Crippen molar-refractivity contribution in [3.63, 3.8) is 0 Å². The number of para-hydroxylation sites is 3. The van der Waals surface area contributed by atoms with E-state index in [1.165, 1.54) is 12.1 Å². The number of rotatable bonds is 12. The minimum Gasteiger partial charge on any atom is -0.490 e. The van der Waals surface area contributed by atoms with Gasteiger partial charge in [0.2, 0.25) is 5.82 Å². The molecule has 8 aromatic rings. The minimum atomic E-state index is -4.70. The van der Waals surface area contributed by atoms with E-state index in [2.05, 4.69) is 4.98 Å². The van der Waals surface area contributed by atoms with Crippen molar-refractivity contribution >= 4 is 43.6 Å². The summed E-state index contributed by atoms with van der Waals surface area (Å²) in [6.07, 6.45) is -6.88. The Morgan fingerprint density at radius 2 is 1.20 bits per heavy atom. The second-order valence-corrected chi connectivity index (χ2v) is 13.1. The Morgan fingerprint density at radius 3 is 1.96 bits per heavy atom. The van der Waals surface area contributed by atoms with Crippen LogP contribution in [0, 0.1) is 0 Å². The molecule has 6 aromatic carbocycles. The fraction of sp³-hybridized carbons (Fsp3) is 0.190. The average molecular weight is 733 g/mol. The Labute approximate surface area is 307 Å². The molecule has 0 saturated carbocycles. The number of imidazole rings is 2. The van der Waals surface area contributed by atoms with Crippen LogP contribution in [0.5, 0.6) is 11.5 Å². The molecular formula is C42H35F3N4O5. The summed E-state index contributed by atoms with van der Waals surface area (Å²) in [5.74, 6) is 0.424. The van der Waals surface area contributed by atoms with Crippen LogP contribution in [-0.2, 0) is 25.9 Å². The van der Waals surface area contributed by atoms with Crippen molar-refractivity contribution in [2.24, 2.45) is 0 Å². The van der Waals surface area contributed by atoms with Crippen LogP contribution < -0.4 is 9.47 Å². The topological polar surface area (TPSA) is 115 Å². The number of halogens is 3. The monoisotopic (exact) mass is 732 g/mol. The van der Waals surface area contributed by atoms with Gasteiger partial charge in [-0.05, 0) is 52.7 Å². The second kappa shape index (κ2) is 14.5. The quantitative estimate of drug-likeness (QED) is 0.118. The van der Waals surface area contributed by atoms with Crippen molar-refractivity contribution in [2.75, 3.05) is 13.2 Å². The number of ether oxygens (including phenoxy) is 2. The first kappa shape index (κ1) is 35.1. The Bertz CT molecular complexity index is 2610. The second-order valence-electron chi connectivity index (χ2n) is 13.1. The third-order valence-electron chi connectivity index (χ3n) is 9.48. The molecule has 9 nitrogen and oxygen atoms in total. The fourth-order valence-corrected chi connectivity index (χ4v) is 7.07. The summed E-state index contributed by atoms with van der Waals surface area (Å²) in [7, 11) is 0. The molecule has 0 aliphatic carbocycles. The van der Waals surface area contributed by atoms with Gasteiger partial charge in [-0.2, -0.15) is 13.2 Å². The fourth-order valence-electron chi connectivity index (χ4n) is 7.07. The number of aliphatic hydroxyl groups is 3. The molecule has 0 aliphatic rings. The van der Waals surface area contributed by atoms with Crippen molar-refractivity contribution in [1.82, 2.24) is 19.1 Å². The van der Waals surface area contributed by atoms with Gasteiger partial charge in [0.1, 0.15) is 49.4 Å². The molecule has 0 fully saturated rings. The smallest absolute Gasteiger partial charge is 0.449 e. The summed E-state index contributed by atoms with van der Waals surface area (Å²) in [5, 5.41) is 35.9. The van der Waals surface area contributed by atoms with E-state index >= 15 is 0 Å². The van der Waals surface area contributed by atoms with E-state index in [0.717, 1.165) is 42.8 Å². The van der Waals surface area contributed by atoms with Crippen LogP contribution in [0.15, 0.2) is 121 Å². The van der Waals surface area contributed by atoms with Crippen molar-refractivity contribution in [1.29, 1.82) is 0 Å². The third kappa shape index (κ3) is 6.71. The lowest BCUT2D eigenvalue weighted by Gasteiger charge is -2.18. The zero-order chi connectivity index (χ0) is 37.4. The SMILES string of the molecule is OCc1nc2c(-c3ccc(OC[C@H](O)Cn4c(C(F)(F)F)nc5ccccc54)c4ccccc34)cccc2n1C[C@@H](O)COc1cccc2ccccc12. The molecule has 0 radical (unpaired) electrons. The minimum absolute atomic E-state index is 0.0292. The van der Waals surface area contributed by atoms with Crippen LogP contribution in [0.25, 0.3) is 54.7 Å². The highest BCUT2D eigenvalue weighted by atomic mass is 19.4. The molecule has 0 saturated heterocycles. The Balaban J connectivity index is 1.04. The van der Waals surface area contributed by atoms with Gasteiger partial charge < -0.3 is 33.9 Å². The maximum Gasteiger partial charge on any atom is 0.449 e. The molecule has 0 aliphatic heterocycles. The molecule has 8 rings (SSSR count). The summed E-state index contributed by atoms with van der Waals surface area (Å²) in [6, 6.07) is 36.8. The number of nitrogens with zero attached hydrogens (tertiary/aromatic N) is 4. The summed E-state index contributed by atoms with van der Waals surface area (Å²) in [5.41, 5.74) is 3.43. The van der Waals surface area contributed by atoms with Crippen molar-refractivity contribution in [2.45, 2.75) is 38.1 Å². The average Bonchev–Trinajstić information content (AvgIpc) is 3.74. The van der Waals surface area contributed by atoms with Crippen LogP contribution in [0.3, 0.4) is 0 Å². The molecule has 0 unspecified atom stereocenters. The zero-order valence-corrected chi connectivity index (χ0v) is 28.8. The Morgan fingerprint density at radius 1 is 0.593 bits per heavy atom. The number of fused-ring (bicyclic) bond motifs is 4. The Kier molecular flexibility index (Phi) is 9.40. The molecule has 2 aromatic heterocycles. The molecule has 3 N–H and O–H groups in total. The van der Waals surface area contributed by atoms with Crippen LogP contribution in [0.2, 0.25) is 0 Å². The molecule has 2 atom stereocenters. The van der Waals surface area contributed by atoms with E-state index < -0.39 is 24.2 Å². The van der Waals surface area contributed by atoms with E-state index in [4.69, 9.17) is 14.5 Å². The lowest BCUT2D eigenvalue weighted by molar-refractivity contribution is -0.147. The molecule has 0 bridgehead atoms. The molecule has 54 heavy (non-hydrogen) atoms. The van der Waals surface area contributed by atoms with Crippen molar-refractivity contribution in [3.05, 3.63) is 133 Å². The highest BCUT2D eigenvalue weighted by Crippen LogP contribution is 2.38. The lowest BCUT2D eigenvalue weighted by atomic mass is 9.96. The maximum absolute atomic E-state index is 13.8. The molecule has 2 heterocycles. The van der Waals surface area contributed by atoms with Gasteiger partial charge in [-0.15, -0.1) is 0 Å². The normalized spacial score (nSPS) is 13.2. The van der Waals surface area contributed by atoms with E-state index in [0.29, 0.717) is 22.8 Å². The molecule has 0 spiro atoms. The van der Waals surface area contributed by atoms with Crippen LogP contribution >= 0.6 is 0 Å². The first-order valence-electron chi connectivity index (χ1n) is 17.4. The molecule has 12 heteroatoms. The first-order chi connectivity index (χ1) is 26.2. The molecule has 274 valence electrons. The van der Waals surface area contributed by atoms with Crippen molar-refractivity contribution < 1.29 is 38.0 Å². The van der Waals surface area contributed by atoms with Gasteiger partial charge >= 0.3 is 6.18 Å². The summed E-state index contributed by atoms with van der Waals surface area (Å²) < 4.78 is 56.4. The summed E-state index contributed by atoms with van der Waals surface area (Å²) in [4.78, 5) is 8.56. The van der Waals surface area contributed by atoms with Crippen LogP contribution in [0.1, 0.15) is 11.6 Å². The van der Waals surface area contributed by atoms with E-state index in [1.807, 2.05) is 91.0 Å². The maximum atomic E-state index is 13.8. The van der Waals surface area contributed by atoms with E-state index in [-0.39, 0.29) is 43.9 Å². The number of alkyl halides is 3. The van der Waals surface area contributed by atoms with Crippen molar-refractivity contribution in [3.8, 4) is 22.6 Å². The summed E-state index contributed by atoms with van der Waals surface area (Å²) >= 11 is 0.